The second-order valence-electron chi connectivity index (χ2n) is 15.1. The second kappa shape index (κ2) is 12.5. The smallest absolute Gasteiger partial charge is 0.135 e. The highest BCUT2D eigenvalue weighted by atomic mass is 16.3. The Morgan fingerprint density at radius 1 is 0.228 bits per heavy atom. The molecule has 0 saturated carbocycles. The van der Waals surface area contributed by atoms with Crippen LogP contribution in [-0.2, 0) is 0 Å². The van der Waals surface area contributed by atoms with Crippen molar-refractivity contribution in [3.8, 4) is 44.5 Å². The van der Waals surface area contributed by atoms with E-state index < -0.39 is 0 Å². The minimum atomic E-state index is 0.912. The Kier molecular flexibility index (Phi) is 7.00. The fourth-order valence-electron chi connectivity index (χ4n) is 9.53. The molecule has 264 valence electrons. The Hall–Kier alpha value is -7.48. The molecule has 1 aromatic heterocycles. The summed E-state index contributed by atoms with van der Waals surface area (Å²) >= 11 is 0. The van der Waals surface area contributed by atoms with Crippen molar-refractivity contribution in [1.29, 1.82) is 0 Å². The van der Waals surface area contributed by atoms with Gasteiger partial charge in [-0.15, -0.1) is 0 Å². The van der Waals surface area contributed by atoms with E-state index >= 15 is 0 Å². The number of fused-ring (bicyclic) bond motifs is 9. The molecule has 0 saturated heterocycles. The molecule has 0 spiro atoms. The van der Waals surface area contributed by atoms with Gasteiger partial charge in [0, 0.05) is 10.8 Å². The van der Waals surface area contributed by atoms with E-state index in [0.29, 0.717) is 0 Å². The highest BCUT2D eigenvalue weighted by Gasteiger charge is 2.20. The lowest BCUT2D eigenvalue weighted by molar-refractivity contribution is 0.669. The molecule has 12 aromatic rings. The third-order valence-corrected chi connectivity index (χ3v) is 12.0. The molecule has 1 nitrogen and oxygen atoms in total. The van der Waals surface area contributed by atoms with Crippen LogP contribution in [0.1, 0.15) is 0 Å². The van der Waals surface area contributed by atoms with Crippen molar-refractivity contribution in [3.63, 3.8) is 0 Å². The maximum atomic E-state index is 6.19. The highest BCUT2D eigenvalue weighted by Crippen LogP contribution is 2.47. The van der Waals surface area contributed by atoms with E-state index in [-0.39, 0.29) is 0 Å². The predicted octanol–water partition coefficient (Wildman–Crippen LogP) is 16.0. The molecule has 0 aliphatic heterocycles. The number of para-hydroxylation sites is 1. The van der Waals surface area contributed by atoms with Gasteiger partial charge in [-0.3, -0.25) is 0 Å². The fraction of sp³-hybridized carbons (Fsp3) is 0. The van der Waals surface area contributed by atoms with Gasteiger partial charge in [0.25, 0.3) is 0 Å². The Labute approximate surface area is 329 Å². The van der Waals surface area contributed by atoms with Crippen LogP contribution in [0.2, 0.25) is 0 Å². The zero-order valence-corrected chi connectivity index (χ0v) is 31.0. The van der Waals surface area contributed by atoms with E-state index in [0.717, 1.165) is 21.9 Å². The normalized spacial score (nSPS) is 11.9. The minimum absolute atomic E-state index is 0.912. The molecule has 0 atom stereocenters. The second-order valence-corrected chi connectivity index (χ2v) is 15.1. The van der Waals surface area contributed by atoms with Crippen LogP contribution >= 0.6 is 0 Å². The zero-order valence-electron chi connectivity index (χ0n) is 31.0. The van der Waals surface area contributed by atoms with Gasteiger partial charge < -0.3 is 4.42 Å². The van der Waals surface area contributed by atoms with E-state index in [1.165, 1.54) is 98.4 Å². The van der Waals surface area contributed by atoms with E-state index in [9.17, 15) is 0 Å². The fourth-order valence-corrected chi connectivity index (χ4v) is 9.53. The lowest BCUT2D eigenvalue weighted by Gasteiger charge is -2.20. The van der Waals surface area contributed by atoms with Crippen molar-refractivity contribution in [2.45, 2.75) is 0 Å². The van der Waals surface area contributed by atoms with Gasteiger partial charge in [-0.05, 0) is 129 Å². The summed E-state index contributed by atoms with van der Waals surface area (Å²) in [5.41, 5.74) is 11.7. The van der Waals surface area contributed by atoms with Gasteiger partial charge in [-0.1, -0.05) is 176 Å². The predicted molar refractivity (Wildman–Crippen MR) is 243 cm³/mol. The molecule has 57 heavy (non-hydrogen) atoms. The summed E-state index contributed by atoms with van der Waals surface area (Å²) < 4.78 is 6.19. The third-order valence-electron chi connectivity index (χ3n) is 12.0. The Morgan fingerprint density at radius 2 is 0.719 bits per heavy atom. The molecule has 11 aromatic carbocycles. The summed E-state index contributed by atoms with van der Waals surface area (Å²) in [6, 6.07) is 75.5. The first-order chi connectivity index (χ1) is 28.3. The van der Waals surface area contributed by atoms with Crippen molar-refractivity contribution < 1.29 is 4.42 Å². The van der Waals surface area contributed by atoms with Gasteiger partial charge in [-0.2, -0.15) is 0 Å². The Bertz CT molecular complexity index is 3530. The van der Waals surface area contributed by atoms with Crippen LogP contribution in [0.3, 0.4) is 0 Å². The maximum absolute atomic E-state index is 6.19. The van der Waals surface area contributed by atoms with Crippen molar-refractivity contribution in [2.75, 3.05) is 0 Å². The van der Waals surface area contributed by atoms with Gasteiger partial charge in [0.05, 0.1) is 0 Å². The first kappa shape index (κ1) is 31.8. The van der Waals surface area contributed by atoms with Gasteiger partial charge in [0.2, 0.25) is 0 Å². The summed E-state index contributed by atoms with van der Waals surface area (Å²) in [5.74, 6) is 0. The van der Waals surface area contributed by atoms with Gasteiger partial charge in [0.15, 0.2) is 0 Å². The molecular formula is C56H34O. The van der Waals surface area contributed by atoms with E-state index in [4.69, 9.17) is 4.42 Å². The summed E-state index contributed by atoms with van der Waals surface area (Å²) in [7, 11) is 0. The van der Waals surface area contributed by atoms with Crippen LogP contribution in [-0.4, -0.2) is 0 Å². The molecule has 0 fully saturated rings. The van der Waals surface area contributed by atoms with Crippen LogP contribution in [0.4, 0.5) is 0 Å². The molecule has 1 heteroatoms. The first-order valence-corrected chi connectivity index (χ1v) is 19.7. The lowest BCUT2D eigenvalue weighted by Crippen LogP contribution is -1.93. The van der Waals surface area contributed by atoms with Gasteiger partial charge >= 0.3 is 0 Å². The molecule has 0 aliphatic carbocycles. The summed E-state index contributed by atoms with van der Waals surface area (Å²) in [4.78, 5) is 0. The minimum Gasteiger partial charge on any atom is -0.456 e. The van der Waals surface area contributed by atoms with Crippen molar-refractivity contribution in [3.05, 3.63) is 206 Å². The van der Waals surface area contributed by atoms with Crippen molar-refractivity contribution in [2.24, 2.45) is 0 Å². The topological polar surface area (TPSA) is 13.1 Å². The molecule has 0 unspecified atom stereocenters. The van der Waals surface area contributed by atoms with Crippen molar-refractivity contribution in [1.82, 2.24) is 0 Å². The van der Waals surface area contributed by atoms with E-state index in [2.05, 4.69) is 194 Å². The number of benzene rings is 11. The van der Waals surface area contributed by atoms with Crippen LogP contribution < -0.4 is 0 Å². The van der Waals surface area contributed by atoms with Crippen LogP contribution in [0.15, 0.2) is 211 Å². The lowest BCUT2D eigenvalue weighted by atomic mass is 9.83. The van der Waals surface area contributed by atoms with Crippen LogP contribution in [0.25, 0.3) is 120 Å². The zero-order chi connectivity index (χ0) is 37.5. The summed E-state index contributed by atoms with van der Waals surface area (Å²) in [6.45, 7) is 0. The Balaban J connectivity index is 1.08. The van der Waals surface area contributed by atoms with Gasteiger partial charge in [0.1, 0.15) is 11.2 Å². The molecule has 0 bridgehead atoms. The van der Waals surface area contributed by atoms with Crippen LogP contribution in [0, 0.1) is 0 Å². The number of furan rings is 1. The standard InChI is InChI=1S/C56H34O/c1-2-17-39-36(14-1)33-51(44-21-6-4-18-41(39)44)35-15-13-16-38(32-35)55-46-23-7-9-25-48(46)56(49-26-10-8-24-47(49)55)50-30-29-40(42-19-3-5-20-43(42)50)37-28-31-54-52(34-37)45-22-11-12-27-53(45)57-54/h1-34H. The number of rotatable bonds is 4. The molecule has 0 N–H and O–H groups in total. The monoisotopic (exact) mass is 722 g/mol. The third kappa shape index (κ3) is 4.89. The Morgan fingerprint density at radius 3 is 1.44 bits per heavy atom. The molecule has 0 radical (unpaired) electrons. The largest absolute Gasteiger partial charge is 0.456 e. The first-order valence-electron chi connectivity index (χ1n) is 19.7. The summed E-state index contributed by atoms with van der Waals surface area (Å²) in [5, 5.41) is 14.8. The highest BCUT2D eigenvalue weighted by molar-refractivity contribution is 6.24. The van der Waals surface area contributed by atoms with E-state index in [1.54, 1.807) is 0 Å². The average Bonchev–Trinajstić information content (AvgIpc) is 3.66. The van der Waals surface area contributed by atoms with E-state index in [1.807, 2.05) is 12.1 Å². The van der Waals surface area contributed by atoms with Crippen molar-refractivity contribution >= 4 is 75.8 Å². The molecule has 1 heterocycles. The quantitative estimate of drug-likeness (QED) is 0.130. The molecular weight excluding hydrogens is 689 g/mol. The summed E-state index contributed by atoms with van der Waals surface area (Å²) in [6.07, 6.45) is 0. The SMILES string of the molecule is c1cc(-c2c3ccccc3c(-c3ccc(-c4ccc5oc6ccccc6c5c4)c4ccccc34)c3ccccc23)cc(-c2cc3ccccc3c3ccccc23)c1. The molecule has 0 amide bonds. The average molecular weight is 723 g/mol. The maximum Gasteiger partial charge on any atom is 0.135 e. The number of hydrogen-bond donors (Lipinski definition) is 0. The van der Waals surface area contributed by atoms with Gasteiger partial charge in [-0.25, -0.2) is 0 Å². The van der Waals surface area contributed by atoms with Crippen LogP contribution in [0.5, 0.6) is 0 Å². The number of hydrogen-bond acceptors (Lipinski definition) is 1. The molecule has 0 aliphatic rings. The molecule has 12 rings (SSSR count).